The van der Waals surface area contributed by atoms with E-state index in [1.807, 2.05) is 0 Å². The van der Waals surface area contributed by atoms with Crippen LogP contribution in [0.3, 0.4) is 0 Å². The number of piperidine rings is 1. The maximum absolute atomic E-state index is 12.3. The summed E-state index contributed by atoms with van der Waals surface area (Å²) in [5.41, 5.74) is 0. The van der Waals surface area contributed by atoms with Crippen molar-refractivity contribution in [3.63, 3.8) is 0 Å². The van der Waals surface area contributed by atoms with Gasteiger partial charge in [-0.05, 0) is 50.6 Å². The number of likely N-dealkylation sites (tertiary alicyclic amines) is 1. The van der Waals surface area contributed by atoms with Crippen molar-refractivity contribution in [2.75, 3.05) is 19.6 Å². The molecule has 2 heterocycles. The second-order valence-electron chi connectivity index (χ2n) is 5.87. The lowest BCUT2D eigenvalue weighted by atomic mass is 9.85. The van der Waals surface area contributed by atoms with E-state index in [2.05, 4.69) is 12.2 Å². The van der Waals surface area contributed by atoms with Crippen molar-refractivity contribution >= 4 is 11.9 Å². The highest BCUT2D eigenvalue weighted by atomic mass is 16.4. The van der Waals surface area contributed by atoms with Crippen molar-refractivity contribution in [3.8, 4) is 0 Å². The van der Waals surface area contributed by atoms with Gasteiger partial charge in [-0.25, -0.2) is 4.79 Å². The maximum atomic E-state index is 12.3. The minimum atomic E-state index is -0.863. The van der Waals surface area contributed by atoms with E-state index in [4.69, 9.17) is 5.11 Å². The van der Waals surface area contributed by atoms with Gasteiger partial charge in [0.15, 0.2) is 0 Å². The number of hydrogen-bond acceptors (Lipinski definition) is 3. The second kappa shape index (κ2) is 6.37. The number of rotatable bonds is 4. The van der Waals surface area contributed by atoms with Crippen molar-refractivity contribution in [3.05, 3.63) is 0 Å². The lowest BCUT2D eigenvalue weighted by molar-refractivity contribution is -0.148. The zero-order chi connectivity index (χ0) is 13.8. The van der Waals surface area contributed by atoms with Crippen LogP contribution >= 0.6 is 0 Å². The van der Waals surface area contributed by atoms with Gasteiger partial charge in [0.25, 0.3) is 0 Å². The molecule has 19 heavy (non-hydrogen) atoms. The summed E-state index contributed by atoms with van der Waals surface area (Å²) >= 11 is 0. The van der Waals surface area contributed by atoms with Gasteiger partial charge in [-0.1, -0.05) is 6.92 Å². The maximum Gasteiger partial charge on any atom is 0.326 e. The SMILES string of the molecule is CC(CC(=O)N1CCC[C@@H]1C(=O)O)C1CCCNC1. The van der Waals surface area contributed by atoms with Crippen LogP contribution in [0.15, 0.2) is 0 Å². The molecular formula is C14H24N2O3. The summed E-state index contributed by atoms with van der Waals surface area (Å²) in [6, 6.07) is -0.593. The third kappa shape index (κ3) is 3.47. The predicted molar refractivity (Wildman–Crippen MR) is 71.7 cm³/mol. The molecule has 2 saturated heterocycles. The Bertz CT molecular complexity index is 340. The fourth-order valence-electron chi connectivity index (χ4n) is 3.25. The highest BCUT2D eigenvalue weighted by Crippen LogP contribution is 2.25. The number of amides is 1. The molecule has 5 heteroatoms. The van der Waals surface area contributed by atoms with Crippen LogP contribution in [0, 0.1) is 11.8 Å². The highest BCUT2D eigenvalue weighted by molar-refractivity contribution is 5.84. The highest BCUT2D eigenvalue weighted by Gasteiger charge is 2.35. The predicted octanol–water partition coefficient (Wildman–Crippen LogP) is 1.09. The molecule has 3 atom stereocenters. The minimum absolute atomic E-state index is 0.0166. The van der Waals surface area contributed by atoms with Gasteiger partial charge in [-0.15, -0.1) is 0 Å². The largest absolute Gasteiger partial charge is 0.480 e. The van der Waals surface area contributed by atoms with Crippen LogP contribution in [0.1, 0.15) is 39.0 Å². The van der Waals surface area contributed by atoms with Crippen molar-refractivity contribution in [1.82, 2.24) is 10.2 Å². The van der Waals surface area contributed by atoms with Crippen LogP contribution in [0.5, 0.6) is 0 Å². The van der Waals surface area contributed by atoms with Gasteiger partial charge in [0.2, 0.25) is 5.91 Å². The van der Waals surface area contributed by atoms with E-state index in [9.17, 15) is 9.59 Å². The summed E-state index contributed by atoms with van der Waals surface area (Å²) in [5.74, 6) is 0.0275. The Morgan fingerprint density at radius 1 is 1.37 bits per heavy atom. The number of hydrogen-bond donors (Lipinski definition) is 2. The molecule has 0 spiro atoms. The lowest BCUT2D eigenvalue weighted by Crippen LogP contribution is -2.42. The van der Waals surface area contributed by atoms with Crippen molar-refractivity contribution in [2.24, 2.45) is 11.8 Å². The standard InChI is InChI=1S/C14H24N2O3/c1-10(11-4-2-6-15-9-11)8-13(17)16-7-3-5-12(16)14(18)19/h10-12,15H,2-9H2,1H3,(H,18,19)/t10?,11?,12-/m1/s1. The summed E-state index contributed by atoms with van der Waals surface area (Å²) in [4.78, 5) is 24.9. The van der Waals surface area contributed by atoms with Crippen LogP contribution in [-0.2, 0) is 9.59 Å². The number of carboxylic acids is 1. The van der Waals surface area contributed by atoms with E-state index < -0.39 is 12.0 Å². The van der Waals surface area contributed by atoms with Gasteiger partial charge < -0.3 is 15.3 Å². The molecule has 5 nitrogen and oxygen atoms in total. The third-order valence-electron chi connectivity index (χ3n) is 4.49. The molecule has 0 aliphatic carbocycles. The molecular weight excluding hydrogens is 244 g/mol. The summed E-state index contributed by atoms with van der Waals surface area (Å²) < 4.78 is 0. The Kier molecular flexibility index (Phi) is 4.80. The van der Waals surface area contributed by atoms with Crippen molar-refractivity contribution in [2.45, 2.75) is 45.1 Å². The number of nitrogens with one attached hydrogen (secondary N) is 1. The van der Waals surface area contributed by atoms with Crippen LogP contribution in [-0.4, -0.2) is 47.6 Å². The first-order chi connectivity index (χ1) is 9.09. The lowest BCUT2D eigenvalue weighted by Gasteiger charge is -2.30. The fourth-order valence-corrected chi connectivity index (χ4v) is 3.25. The quantitative estimate of drug-likeness (QED) is 0.800. The number of carboxylic acid groups (broad SMARTS) is 1. The molecule has 0 saturated carbocycles. The number of carbonyl (C=O) groups is 2. The molecule has 2 unspecified atom stereocenters. The van der Waals surface area contributed by atoms with E-state index in [0.717, 1.165) is 19.5 Å². The topological polar surface area (TPSA) is 69.6 Å². The first-order valence-electron chi connectivity index (χ1n) is 7.32. The van der Waals surface area contributed by atoms with Crippen molar-refractivity contribution < 1.29 is 14.7 Å². The Hall–Kier alpha value is -1.10. The van der Waals surface area contributed by atoms with Gasteiger partial charge in [0.05, 0.1) is 0 Å². The molecule has 2 N–H and O–H groups in total. The van der Waals surface area contributed by atoms with Crippen molar-refractivity contribution in [1.29, 1.82) is 0 Å². The van der Waals surface area contributed by atoms with Crippen LogP contribution in [0.2, 0.25) is 0 Å². The van der Waals surface area contributed by atoms with Gasteiger partial charge in [0.1, 0.15) is 6.04 Å². The first kappa shape index (κ1) is 14.3. The third-order valence-corrected chi connectivity index (χ3v) is 4.49. The monoisotopic (exact) mass is 268 g/mol. The second-order valence-corrected chi connectivity index (χ2v) is 5.87. The summed E-state index contributed by atoms with van der Waals surface area (Å²) in [7, 11) is 0. The van der Waals surface area contributed by atoms with E-state index in [1.165, 1.54) is 12.8 Å². The Labute approximate surface area is 114 Å². The van der Waals surface area contributed by atoms with E-state index in [1.54, 1.807) is 4.90 Å². The molecule has 0 aromatic carbocycles. The summed E-state index contributed by atoms with van der Waals surface area (Å²) in [6.07, 6.45) is 4.23. The molecule has 108 valence electrons. The summed E-state index contributed by atoms with van der Waals surface area (Å²) in [5, 5.41) is 12.5. The molecule has 2 aliphatic heterocycles. The smallest absolute Gasteiger partial charge is 0.326 e. The fraction of sp³-hybridized carbons (Fsp3) is 0.857. The molecule has 2 fully saturated rings. The van der Waals surface area contributed by atoms with E-state index >= 15 is 0 Å². The van der Waals surface area contributed by atoms with Gasteiger partial charge in [-0.2, -0.15) is 0 Å². The van der Waals surface area contributed by atoms with E-state index in [-0.39, 0.29) is 5.91 Å². The average Bonchev–Trinajstić information content (AvgIpc) is 2.89. The summed E-state index contributed by atoms with van der Waals surface area (Å²) in [6.45, 7) is 4.77. The number of carbonyl (C=O) groups excluding carboxylic acids is 1. The normalized spacial score (nSPS) is 29.2. The molecule has 0 aromatic heterocycles. The number of nitrogens with zero attached hydrogens (tertiary/aromatic N) is 1. The zero-order valence-corrected chi connectivity index (χ0v) is 11.6. The molecule has 2 aliphatic rings. The molecule has 2 rings (SSSR count). The van der Waals surface area contributed by atoms with Gasteiger partial charge in [0, 0.05) is 13.0 Å². The van der Waals surface area contributed by atoms with Crippen LogP contribution in [0.25, 0.3) is 0 Å². The molecule has 0 radical (unpaired) electrons. The van der Waals surface area contributed by atoms with Gasteiger partial charge in [-0.3, -0.25) is 4.79 Å². The minimum Gasteiger partial charge on any atom is -0.480 e. The Morgan fingerprint density at radius 3 is 2.79 bits per heavy atom. The molecule has 0 aromatic rings. The molecule has 1 amide bonds. The first-order valence-corrected chi connectivity index (χ1v) is 7.32. The van der Waals surface area contributed by atoms with Gasteiger partial charge >= 0.3 is 5.97 Å². The zero-order valence-electron chi connectivity index (χ0n) is 11.6. The average molecular weight is 268 g/mol. The Balaban J connectivity index is 1.87. The Morgan fingerprint density at radius 2 is 2.16 bits per heavy atom. The molecule has 0 bridgehead atoms. The van der Waals surface area contributed by atoms with Crippen LogP contribution < -0.4 is 5.32 Å². The van der Waals surface area contributed by atoms with Crippen LogP contribution in [0.4, 0.5) is 0 Å². The van der Waals surface area contributed by atoms with E-state index in [0.29, 0.717) is 31.2 Å². The number of aliphatic carboxylic acids is 1.